The fraction of sp³-hybridized carbons (Fsp3) is 0.889. The van der Waals surface area contributed by atoms with E-state index in [1.54, 1.807) is 0 Å². The number of nitrogens with zero attached hydrogens (tertiary/aromatic N) is 1. The third kappa shape index (κ3) is 3.32. The lowest BCUT2D eigenvalue weighted by Gasteiger charge is -2.23. The number of nitrogens with one attached hydrogen (secondary N) is 2. The highest BCUT2D eigenvalue weighted by Gasteiger charge is 2.17. The Morgan fingerprint density at radius 3 is 3.08 bits per heavy atom. The summed E-state index contributed by atoms with van der Waals surface area (Å²) in [6.07, 6.45) is 0.635. The zero-order valence-electron chi connectivity index (χ0n) is 8.47. The Labute approximate surface area is 79.7 Å². The Balaban J connectivity index is 2.40. The summed E-state index contributed by atoms with van der Waals surface area (Å²) in [4.78, 5) is 13.5. The van der Waals surface area contributed by atoms with E-state index < -0.39 is 0 Å². The fourth-order valence-electron chi connectivity index (χ4n) is 1.43. The lowest BCUT2D eigenvalue weighted by atomic mass is 10.3. The Morgan fingerprint density at radius 1 is 1.62 bits per heavy atom. The molecule has 1 fully saturated rings. The van der Waals surface area contributed by atoms with Gasteiger partial charge in [0.1, 0.15) is 0 Å². The van der Waals surface area contributed by atoms with Gasteiger partial charge in [0.15, 0.2) is 0 Å². The number of hydrogen-bond donors (Lipinski definition) is 2. The smallest absolute Gasteiger partial charge is 0.223 e. The minimum absolute atomic E-state index is 0.270. The first-order valence-corrected chi connectivity index (χ1v) is 4.90. The first kappa shape index (κ1) is 10.5. The maximum atomic E-state index is 11.5. The Hall–Kier alpha value is -0.610. The molecule has 0 radical (unpaired) electrons. The molecule has 0 saturated carbocycles. The van der Waals surface area contributed by atoms with Crippen LogP contribution in [0.5, 0.6) is 0 Å². The summed E-state index contributed by atoms with van der Waals surface area (Å²) in [6.45, 7) is 5.49. The summed E-state index contributed by atoms with van der Waals surface area (Å²) in [5.41, 5.74) is 0. The van der Waals surface area contributed by atoms with Crippen molar-refractivity contribution in [2.45, 2.75) is 19.4 Å². The van der Waals surface area contributed by atoms with Gasteiger partial charge in [0.05, 0.1) is 0 Å². The van der Waals surface area contributed by atoms with Crippen LogP contribution < -0.4 is 10.6 Å². The van der Waals surface area contributed by atoms with Crippen LogP contribution in [0, 0.1) is 0 Å². The molecular weight excluding hydrogens is 166 g/mol. The fourth-order valence-corrected chi connectivity index (χ4v) is 1.43. The van der Waals surface area contributed by atoms with E-state index >= 15 is 0 Å². The van der Waals surface area contributed by atoms with Crippen molar-refractivity contribution in [3.8, 4) is 0 Å². The number of hydrogen-bond acceptors (Lipinski definition) is 3. The SMILES string of the molecule is CNC(C)CN1CCNCCC1=O. The van der Waals surface area contributed by atoms with Crippen LogP contribution in [0.4, 0.5) is 0 Å². The van der Waals surface area contributed by atoms with Crippen molar-refractivity contribution in [2.75, 3.05) is 33.2 Å². The Kier molecular flexibility index (Phi) is 4.18. The van der Waals surface area contributed by atoms with E-state index in [4.69, 9.17) is 0 Å². The molecule has 1 unspecified atom stereocenters. The predicted molar refractivity (Wildman–Crippen MR) is 52.6 cm³/mol. The molecule has 1 amide bonds. The lowest BCUT2D eigenvalue weighted by Crippen LogP contribution is -2.41. The maximum absolute atomic E-state index is 11.5. The topological polar surface area (TPSA) is 44.4 Å². The van der Waals surface area contributed by atoms with Crippen LogP contribution in [0.2, 0.25) is 0 Å². The monoisotopic (exact) mass is 185 g/mol. The lowest BCUT2D eigenvalue weighted by molar-refractivity contribution is -0.130. The third-order valence-electron chi connectivity index (χ3n) is 2.41. The van der Waals surface area contributed by atoms with Gasteiger partial charge in [-0.05, 0) is 14.0 Å². The normalized spacial score (nSPS) is 21.4. The molecule has 0 spiro atoms. The molecule has 0 bridgehead atoms. The van der Waals surface area contributed by atoms with Gasteiger partial charge in [0, 0.05) is 38.6 Å². The van der Waals surface area contributed by atoms with E-state index in [1.807, 2.05) is 11.9 Å². The van der Waals surface area contributed by atoms with Crippen molar-refractivity contribution in [3.05, 3.63) is 0 Å². The summed E-state index contributed by atoms with van der Waals surface area (Å²) in [7, 11) is 1.92. The number of carbonyl (C=O) groups excluding carboxylic acids is 1. The second-order valence-corrected chi connectivity index (χ2v) is 3.53. The van der Waals surface area contributed by atoms with Crippen molar-refractivity contribution < 1.29 is 4.79 Å². The molecule has 1 saturated heterocycles. The molecule has 1 rings (SSSR count). The van der Waals surface area contributed by atoms with Gasteiger partial charge in [-0.15, -0.1) is 0 Å². The van der Waals surface area contributed by atoms with E-state index in [2.05, 4.69) is 17.6 Å². The van der Waals surface area contributed by atoms with E-state index in [1.165, 1.54) is 0 Å². The largest absolute Gasteiger partial charge is 0.340 e. The van der Waals surface area contributed by atoms with E-state index in [-0.39, 0.29) is 5.91 Å². The van der Waals surface area contributed by atoms with Crippen molar-refractivity contribution in [3.63, 3.8) is 0 Å². The summed E-state index contributed by atoms with van der Waals surface area (Å²) in [5, 5.41) is 6.35. The summed E-state index contributed by atoms with van der Waals surface area (Å²) < 4.78 is 0. The quantitative estimate of drug-likeness (QED) is 0.618. The van der Waals surface area contributed by atoms with Gasteiger partial charge in [-0.2, -0.15) is 0 Å². The Morgan fingerprint density at radius 2 is 2.38 bits per heavy atom. The molecule has 0 aliphatic carbocycles. The zero-order valence-corrected chi connectivity index (χ0v) is 8.47. The summed E-state index contributed by atoms with van der Waals surface area (Å²) in [5.74, 6) is 0.270. The molecule has 0 aromatic heterocycles. The number of likely N-dealkylation sites (N-methyl/N-ethyl adjacent to an activating group) is 1. The Bertz CT molecular complexity index is 172. The van der Waals surface area contributed by atoms with Crippen LogP contribution >= 0.6 is 0 Å². The molecule has 1 aliphatic rings. The molecule has 1 atom stereocenters. The van der Waals surface area contributed by atoms with Gasteiger partial charge in [0.2, 0.25) is 5.91 Å². The molecule has 13 heavy (non-hydrogen) atoms. The number of carbonyl (C=O) groups is 1. The van der Waals surface area contributed by atoms with Gasteiger partial charge in [-0.1, -0.05) is 0 Å². The van der Waals surface area contributed by atoms with E-state index in [9.17, 15) is 4.79 Å². The van der Waals surface area contributed by atoms with Gasteiger partial charge < -0.3 is 15.5 Å². The molecule has 0 aromatic rings. The van der Waals surface area contributed by atoms with Gasteiger partial charge >= 0.3 is 0 Å². The van der Waals surface area contributed by atoms with Crippen LogP contribution in [0.1, 0.15) is 13.3 Å². The standard InChI is InChI=1S/C9H19N3O/c1-8(10-2)7-12-6-5-11-4-3-9(12)13/h8,10-11H,3-7H2,1-2H3. The molecule has 1 aliphatic heterocycles. The highest BCUT2D eigenvalue weighted by molar-refractivity contribution is 5.76. The molecule has 0 aromatic carbocycles. The molecule has 1 heterocycles. The minimum atomic E-state index is 0.270. The highest BCUT2D eigenvalue weighted by atomic mass is 16.2. The van der Waals surface area contributed by atoms with Gasteiger partial charge in [-0.25, -0.2) is 0 Å². The molecule has 4 heteroatoms. The number of amides is 1. The van der Waals surface area contributed by atoms with Crippen LogP contribution in [0.25, 0.3) is 0 Å². The van der Waals surface area contributed by atoms with E-state index in [0.29, 0.717) is 12.5 Å². The van der Waals surface area contributed by atoms with Gasteiger partial charge in [-0.3, -0.25) is 4.79 Å². The van der Waals surface area contributed by atoms with Crippen molar-refractivity contribution >= 4 is 5.91 Å². The average molecular weight is 185 g/mol. The first-order chi connectivity index (χ1) is 6.24. The van der Waals surface area contributed by atoms with Crippen molar-refractivity contribution in [1.29, 1.82) is 0 Å². The second-order valence-electron chi connectivity index (χ2n) is 3.53. The predicted octanol–water partition coefficient (Wildman–Crippen LogP) is -0.584. The third-order valence-corrected chi connectivity index (χ3v) is 2.41. The summed E-state index contributed by atoms with van der Waals surface area (Å²) in [6, 6.07) is 0.377. The number of rotatable bonds is 3. The molecule has 4 nitrogen and oxygen atoms in total. The zero-order chi connectivity index (χ0) is 9.68. The average Bonchev–Trinajstić information content (AvgIpc) is 2.32. The van der Waals surface area contributed by atoms with Gasteiger partial charge in [0.25, 0.3) is 0 Å². The first-order valence-electron chi connectivity index (χ1n) is 4.90. The van der Waals surface area contributed by atoms with Crippen LogP contribution in [-0.4, -0.2) is 50.1 Å². The van der Waals surface area contributed by atoms with Crippen molar-refractivity contribution in [2.24, 2.45) is 0 Å². The maximum Gasteiger partial charge on any atom is 0.223 e. The van der Waals surface area contributed by atoms with Crippen LogP contribution in [0.15, 0.2) is 0 Å². The van der Waals surface area contributed by atoms with Crippen molar-refractivity contribution in [1.82, 2.24) is 15.5 Å². The molecular formula is C9H19N3O. The minimum Gasteiger partial charge on any atom is -0.340 e. The van der Waals surface area contributed by atoms with Crippen LogP contribution in [-0.2, 0) is 4.79 Å². The molecule has 2 N–H and O–H groups in total. The van der Waals surface area contributed by atoms with E-state index in [0.717, 1.165) is 26.2 Å². The highest BCUT2D eigenvalue weighted by Crippen LogP contribution is 1.98. The van der Waals surface area contributed by atoms with Crippen LogP contribution in [0.3, 0.4) is 0 Å². The second kappa shape index (κ2) is 5.19. The molecule has 76 valence electrons. The summed E-state index contributed by atoms with van der Waals surface area (Å²) >= 11 is 0.